The standard InChI is InChI=1S/C11H19NO5S/c13-11(14)4-3-9-2-1-6-12(9)18(15,16)10-5-7-17-8-10/h9-10H,1-8H2,(H,13,14)/t9-,10?/m1/s1. The van der Waals surface area contributed by atoms with Gasteiger partial charge in [0.1, 0.15) is 5.25 Å². The smallest absolute Gasteiger partial charge is 0.303 e. The van der Waals surface area contributed by atoms with E-state index in [1.54, 1.807) is 0 Å². The third-order valence-corrected chi connectivity index (χ3v) is 6.00. The average molecular weight is 277 g/mol. The van der Waals surface area contributed by atoms with Crippen molar-refractivity contribution in [2.45, 2.75) is 43.4 Å². The van der Waals surface area contributed by atoms with E-state index in [0.29, 0.717) is 26.0 Å². The summed E-state index contributed by atoms with van der Waals surface area (Å²) in [5.74, 6) is -0.872. The number of carboxylic acids is 1. The lowest BCUT2D eigenvalue weighted by Crippen LogP contribution is -2.42. The highest BCUT2D eigenvalue weighted by molar-refractivity contribution is 7.89. The maximum atomic E-state index is 12.4. The van der Waals surface area contributed by atoms with Crippen molar-refractivity contribution in [2.24, 2.45) is 0 Å². The number of aliphatic carboxylic acids is 1. The maximum absolute atomic E-state index is 12.4. The van der Waals surface area contributed by atoms with Gasteiger partial charge in [0.2, 0.25) is 10.0 Å². The van der Waals surface area contributed by atoms with E-state index in [4.69, 9.17) is 9.84 Å². The molecule has 0 aromatic carbocycles. The van der Waals surface area contributed by atoms with E-state index in [9.17, 15) is 13.2 Å². The highest BCUT2D eigenvalue weighted by Crippen LogP contribution is 2.29. The zero-order valence-electron chi connectivity index (χ0n) is 10.2. The van der Waals surface area contributed by atoms with Crippen LogP contribution in [-0.4, -0.2) is 54.8 Å². The minimum Gasteiger partial charge on any atom is -0.481 e. The van der Waals surface area contributed by atoms with Gasteiger partial charge in [0.05, 0.1) is 6.61 Å². The first-order chi connectivity index (χ1) is 8.51. The summed E-state index contributed by atoms with van der Waals surface area (Å²) in [6, 6.07) is -0.147. The summed E-state index contributed by atoms with van der Waals surface area (Å²) in [4.78, 5) is 10.6. The summed E-state index contributed by atoms with van der Waals surface area (Å²) in [5, 5.41) is 8.24. The molecule has 2 rings (SSSR count). The van der Waals surface area contributed by atoms with Gasteiger partial charge in [0.25, 0.3) is 0 Å². The van der Waals surface area contributed by atoms with Gasteiger partial charge >= 0.3 is 5.97 Å². The molecule has 2 aliphatic rings. The molecule has 0 amide bonds. The number of sulfonamides is 1. The molecule has 2 atom stereocenters. The summed E-state index contributed by atoms with van der Waals surface area (Å²) in [5.41, 5.74) is 0. The van der Waals surface area contributed by atoms with Crippen molar-refractivity contribution in [3.63, 3.8) is 0 Å². The first-order valence-corrected chi connectivity index (χ1v) is 7.82. The molecule has 1 N–H and O–H groups in total. The molecular weight excluding hydrogens is 258 g/mol. The van der Waals surface area contributed by atoms with Crippen LogP contribution in [0.4, 0.5) is 0 Å². The summed E-state index contributed by atoms with van der Waals surface area (Å²) >= 11 is 0. The Morgan fingerprint density at radius 1 is 1.39 bits per heavy atom. The monoisotopic (exact) mass is 277 g/mol. The van der Waals surface area contributed by atoms with Crippen LogP contribution >= 0.6 is 0 Å². The molecule has 6 nitrogen and oxygen atoms in total. The number of carbonyl (C=O) groups is 1. The molecule has 0 aromatic rings. The number of rotatable bonds is 5. The zero-order valence-corrected chi connectivity index (χ0v) is 11.1. The van der Waals surface area contributed by atoms with Gasteiger partial charge in [0, 0.05) is 25.6 Å². The van der Waals surface area contributed by atoms with E-state index in [0.717, 1.165) is 12.8 Å². The van der Waals surface area contributed by atoms with Crippen LogP contribution in [0.15, 0.2) is 0 Å². The van der Waals surface area contributed by atoms with Gasteiger partial charge in [-0.25, -0.2) is 8.42 Å². The molecule has 0 aliphatic carbocycles. The molecule has 2 aliphatic heterocycles. The Morgan fingerprint density at radius 3 is 2.78 bits per heavy atom. The first-order valence-electron chi connectivity index (χ1n) is 6.32. The molecule has 0 radical (unpaired) electrons. The zero-order chi connectivity index (χ0) is 13.2. The molecular formula is C11H19NO5S. The lowest BCUT2D eigenvalue weighted by atomic mass is 10.1. The van der Waals surface area contributed by atoms with E-state index in [1.165, 1.54) is 4.31 Å². The van der Waals surface area contributed by atoms with Crippen molar-refractivity contribution >= 4 is 16.0 Å². The van der Waals surface area contributed by atoms with Crippen molar-refractivity contribution < 1.29 is 23.1 Å². The Hall–Kier alpha value is -0.660. The van der Waals surface area contributed by atoms with E-state index in [1.807, 2.05) is 0 Å². The molecule has 18 heavy (non-hydrogen) atoms. The molecule has 2 fully saturated rings. The van der Waals surface area contributed by atoms with Crippen LogP contribution in [0, 0.1) is 0 Å². The third kappa shape index (κ3) is 2.84. The van der Waals surface area contributed by atoms with Crippen LogP contribution in [0.5, 0.6) is 0 Å². The minimum absolute atomic E-state index is 0.0256. The molecule has 0 saturated carbocycles. The van der Waals surface area contributed by atoms with Gasteiger partial charge < -0.3 is 9.84 Å². The fourth-order valence-corrected chi connectivity index (χ4v) is 4.72. The van der Waals surface area contributed by atoms with Gasteiger partial charge in [-0.2, -0.15) is 4.31 Å². The van der Waals surface area contributed by atoms with Gasteiger partial charge in [-0.3, -0.25) is 4.79 Å². The molecule has 0 spiro atoms. The van der Waals surface area contributed by atoms with Crippen molar-refractivity contribution in [1.82, 2.24) is 4.31 Å². The number of ether oxygens (including phenoxy) is 1. The molecule has 0 aromatic heterocycles. The van der Waals surface area contributed by atoms with Crippen molar-refractivity contribution in [1.29, 1.82) is 0 Å². The number of hydrogen-bond acceptors (Lipinski definition) is 4. The van der Waals surface area contributed by atoms with Crippen LogP contribution < -0.4 is 0 Å². The highest BCUT2D eigenvalue weighted by Gasteiger charge is 2.40. The van der Waals surface area contributed by atoms with Gasteiger partial charge in [-0.05, 0) is 25.7 Å². The van der Waals surface area contributed by atoms with Crippen LogP contribution in [0.3, 0.4) is 0 Å². The molecule has 7 heteroatoms. The Kier molecular flexibility index (Phi) is 4.24. The third-order valence-electron chi connectivity index (χ3n) is 3.65. The van der Waals surface area contributed by atoms with Crippen molar-refractivity contribution in [2.75, 3.05) is 19.8 Å². The maximum Gasteiger partial charge on any atom is 0.303 e. The summed E-state index contributed by atoms with van der Waals surface area (Å²) in [6.07, 6.45) is 2.56. The topological polar surface area (TPSA) is 83.9 Å². The van der Waals surface area contributed by atoms with Gasteiger partial charge in [-0.15, -0.1) is 0 Å². The normalized spacial score (nSPS) is 29.8. The SMILES string of the molecule is O=C(O)CC[C@H]1CCCN1S(=O)(=O)C1CCOC1. The Bertz CT molecular complexity index is 402. The Labute approximate surface area is 107 Å². The van der Waals surface area contributed by atoms with Gasteiger partial charge in [0.15, 0.2) is 0 Å². The van der Waals surface area contributed by atoms with Gasteiger partial charge in [-0.1, -0.05) is 0 Å². The van der Waals surface area contributed by atoms with Crippen LogP contribution in [-0.2, 0) is 19.6 Å². The minimum atomic E-state index is -3.32. The van der Waals surface area contributed by atoms with Crippen molar-refractivity contribution in [3.05, 3.63) is 0 Å². The first kappa shape index (κ1) is 13.8. The lowest BCUT2D eigenvalue weighted by Gasteiger charge is -2.26. The highest BCUT2D eigenvalue weighted by atomic mass is 32.2. The fraction of sp³-hybridized carbons (Fsp3) is 0.909. The molecule has 1 unspecified atom stereocenters. The predicted molar refractivity (Wildman–Crippen MR) is 64.7 cm³/mol. The summed E-state index contributed by atoms with van der Waals surface area (Å²) < 4.78 is 31.4. The second-order valence-electron chi connectivity index (χ2n) is 4.87. The van der Waals surface area contributed by atoms with E-state index < -0.39 is 21.2 Å². The fourth-order valence-electron chi connectivity index (χ4n) is 2.66. The number of hydrogen-bond donors (Lipinski definition) is 1. The summed E-state index contributed by atoms with van der Waals surface area (Å²) in [6.45, 7) is 1.28. The van der Waals surface area contributed by atoms with E-state index in [2.05, 4.69) is 0 Å². The molecule has 2 heterocycles. The van der Waals surface area contributed by atoms with E-state index in [-0.39, 0.29) is 19.1 Å². The average Bonchev–Trinajstić information content (AvgIpc) is 2.97. The quantitative estimate of drug-likeness (QED) is 0.788. The number of carboxylic acid groups (broad SMARTS) is 1. The number of nitrogens with zero attached hydrogens (tertiary/aromatic N) is 1. The van der Waals surface area contributed by atoms with E-state index >= 15 is 0 Å². The largest absolute Gasteiger partial charge is 0.481 e. The van der Waals surface area contributed by atoms with Crippen LogP contribution in [0.25, 0.3) is 0 Å². The van der Waals surface area contributed by atoms with Crippen LogP contribution in [0.1, 0.15) is 32.1 Å². The lowest BCUT2D eigenvalue weighted by molar-refractivity contribution is -0.137. The second kappa shape index (κ2) is 5.54. The molecule has 104 valence electrons. The predicted octanol–water partition coefficient (Wildman–Crippen LogP) is 0.434. The van der Waals surface area contributed by atoms with Crippen LogP contribution in [0.2, 0.25) is 0 Å². The molecule has 2 saturated heterocycles. The van der Waals surface area contributed by atoms with Crippen molar-refractivity contribution in [3.8, 4) is 0 Å². The molecule has 0 bridgehead atoms. The Morgan fingerprint density at radius 2 is 2.17 bits per heavy atom. The second-order valence-corrected chi connectivity index (χ2v) is 7.04. The Balaban J connectivity index is 2.03. The summed E-state index contributed by atoms with van der Waals surface area (Å²) in [7, 11) is -3.32.